The molecule has 0 atom stereocenters. The fourth-order valence-electron chi connectivity index (χ4n) is 1.70. The van der Waals surface area contributed by atoms with Gasteiger partial charge in [-0.25, -0.2) is 9.67 Å². The third kappa shape index (κ3) is 2.48. The van der Waals surface area contributed by atoms with E-state index in [0.717, 1.165) is 11.3 Å². The fraction of sp³-hybridized carbons (Fsp3) is 0.250. The van der Waals surface area contributed by atoms with Gasteiger partial charge in [-0.15, -0.1) is 15.3 Å². The minimum absolute atomic E-state index is 0.386. The van der Waals surface area contributed by atoms with Gasteiger partial charge in [-0.3, -0.25) is 0 Å². The van der Waals surface area contributed by atoms with Crippen molar-refractivity contribution in [2.45, 2.75) is 13.5 Å². The molecular formula is C12H12N6O2. The van der Waals surface area contributed by atoms with Gasteiger partial charge in [0.05, 0.1) is 13.3 Å². The summed E-state index contributed by atoms with van der Waals surface area (Å²) >= 11 is 0. The summed E-state index contributed by atoms with van der Waals surface area (Å²) in [5.41, 5.74) is 1.58. The molecular weight excluding hydrogens is 260 g/mol. The maximum atomic E-state index is 5.29. The zero-order valence-corrected chi connectivity index (χ0v) is 11.0. The van der Waals surface area contributed by atoms with Crippen molar-refractivity contribution >= 4 is 0 Å². The lowest BCUT2D eigenvalue weighted by Gasteiger charge is -1.98. The third-order valence-electron chi connectivity index (χ3n) is 2.65. The van der Waals surface area contributed by atoms with Gasteiger partial charge in [0.15, 0.2) is 0 Å². The van der Waals surface area contributed by atoms with Gasteiger partial charge in [-0.2, -0.15) is 0 Å². The molecule has 20 heavy (non-hydrogen) atoms. The summed E-state index contributed by atoms with van der Waals surface area (Å²) in [5, 5.41) is 15.8. The molecule has 0 aromatic carbocycles. The number of nitrogens with zero attached hydrogens (tertiary/aromatic N) is 6. The van der Waals surface area contributed by atoms with E-state index in [9.17, 15) is 0 Å². The van der Waals surface area contributed by atoms with E-state index in [1.54, 1.807) is 37.2 Å². The van der Waals surface area contributed by atoms with Crippen molar-refractivity contribution < 1.29 is 9.15 Å². The highest BCUT2D eigenvalue weighted by atomic mass is 16.5. The molecule has 0 aliphatic carbocycles. The van der Waals surface area contributed by atoms with Gasteiger partial charge in [0.1, 0.15) is 12.2 Å². The second kappa shape index (κ2) is 5.08. The highest BCUT2D eigenvalue weighted by Crippen LogP contribution is 2.17. The summed E-state index contributed by atoms with van der Waals surface area (Å²) < 4.78 is 11.9. The molecule has 0 saturated carbocycles. The van der Waals surface area contributed by atoms with Crippen LogP contribution in [0.1, 0.15) is 11.8 Å². The van der Waals surface area contributed by atoms with Gasteiger partial charge < -0.3 is 9.15 Å². The smallest absolute Gasteiger partial charge is 0.237 e. The monoisotopic (exact) mass is 272 g/mol. The Balaban J connectivity index is 1.78. The van der Waals surface area contributed by atoms with Crippen LogP contribution in [0.25, 0.3) is 11.3 Å². The third-order valence-corrected chi connectivity index (χ3v) is 2.65. The van der Waals surface area contributed by atoms with E-state index in [0.29, 0.717) is 24.2 Å². The number of aromatic nitrogens is 6. The van der Waals surface area contributed by atoms with Crippen LogP contribution in [0.15, 0.2) is 28.9 Å². The molecule has 0 bridgehead atoms. The number of hydrogen-bond donors (Lipinski definition) is 0. The van der Waals surface area contributed by atoms with Crippen LogP contribution >= 0.6 is 0 Å². The second-order valence-corrected chi connectivity index (χ2v) is 4.11. The SMILES string of the molecule is COc1ccc(-c2cn(Cc3nnc(C)o3)nn2)cn1. The van der Waals surface area contributed by atoms with Gasteiger partial charge in [-0.1, -0.05) is 5.21 Å². The zero-order chi connectivity index (χ0) is 13.9. The van der Waals surface area contributed by atoms with Crippen LogP contribution in [0.5, 0.6) is 5.88 Å². The molecule has 0 fully saturated rings. The van der Waals surface area contributed by atoms with Crippen LogP contribution in [-0.4, -0.2) is 37.3 Å². The molecule has 3 aromatic rings. The first-order valence-corrected chi connectivity index (χ1v) is 5.94. The largest absolute Gasteiger partial charge is 0.481 e. The Morgan fingerprint density at radius 1 is 1.25 bits per heavy atom. The Morgan fingerprint density at radius 2 is 2.15 bits per heavy atom. The molecule has 3 rings (SSSR count). The van der Waals surface area contributed by atoms with Crippen molar-refractivity contribution in [2.75, 3.05) is 7.11 Å². The molecule has 0 aliphatic rings. The van der Waals surface area contributed by atoms with Crippen LogP contribution in [0, 0.1) is 6.92 Å². The van der Waals surface area contributed by atoms with E-state index >= 15 is 0 Å². The summed E-state index contributed by atoms with van der Waals surface area (Å²) in [5.74, 6) is 1.58. The standard InChI is InChI=1S/C12H12N6O2/c1-8-14-16-12(20-8)7-18-6-10(15-17-18)9-3-4-11(19-2)13-5-9/h3-6H,7H2,1-2H3. The van der Waals surface area contributed by atoms with Gasteiger partial charge in [-0.05, 0) is 6.07 Å². The highest BCUT2D eigenvalue weighted by molar-refractivity contribution is 5.56. The average Bonchev–Trinajstić information content (AvgIpc) is 3.09. The average molecular weight is 272 g/mol. The molecule has 3 aromatic heterocycles. The quantitative estimate of drug-likeness (QED) is 0.701. The number of pyridine rings is 1. The maximum Gasteiger partial charge on any atom is 0.237 e. The molecule has 102 valence electrons. The molecule has 8 heteroatoms. The minimum atomic E-state index is 0.386. The predicted molar refractivity (Wildman–Crippen MR) is 67.9 cm³/mol. The van der Waals surface area contributed by atoms with Crippen molar-refractivity contribution in [3.63, 3.8) is 0 Å². The van der Waals surface area contributed by atoms with Gasteiger partial charge in [0.2, 0.25) is 17.7 Å². The van der Waals surface area contributed by atoms with E-state index in [-0.39, 0.29) is 0 Å². The first-order valence-electron chi connectivity index (χ1n) is 5.94. The normalized spacial score (nSPS) is 10.7. The molecule has 0 amide bonds. The lowest BCUT2D eigenvalue weighted by molar-refractivity contribution is 0.398. The van der Waals surface area contributed by atoms with E-state index < -0.39 is 0 Å². The molecule has 0 aliphatic heterocycles. The molecule has 3 heterocycles. The first-order chi connectivity index (χ1) is 9.74. The summed E-state index contributed by atoms with van der Waals surface area (Å²) in [6.45, 7) is 2.13. The molecule has 0 N–H and O–H groups in total. The van der Waals surface area contributed by atoms with Crippen molar-refractivity contribution in [3.8, 4) is 17.1 Å². The van der Waals surface area contributed by atoms with Crippen molar-refractivity contribution in [3.05, 3.63) is 36.3 Å². The van der Waals surface area contributed by atoms with Crippen LogP contribution in [0.2, 0.25) is 0 Å². The topological polar surface area (TPSA) is 91.8 Å². The molecule has 8 nitrogen and oxygen atoms in total. The van der Waals surface area contributed by atoms with Crippen LogP contribution in [0.4, 0.5) is 0 Å². The second-order valence-electron chi connectivity index (χ2n) is 4.11. The van der Waals surface area contributed by atoms with E-state index in [1.165, 1.54) is 0 Å². The predicted octanol–water partition coefficient (Wildman–Crippen LogP) is 1.09. The molecule has 0 saturated heterocycles. The Labute approximate surface area is 114 Å². The summed E-state index contributed by atoms with van der Waals surface area (Å²) in [6.07, 6.45) is 3.48. The van der Waals surface area contributed by atoms with Crippen molar-refractivity contribution in [1.29, 1.82) is 0 Å². The number of methoxy groups -OCH3 is 1. The van der Waals surface area contributed by atoms with Crippen LogP contribution in [-0.2, 0) is 6.54 Å². The van der Waals surface area contributed by atoms with Gasteiger partial charge in [0, 0.05) is 24.8 Å². The Kier molecular flexibility index (Phi) is 3.12. The Hall–Kier alpha value is -2.77. The first kappa shape index (κ1) is 12.3. The van der Waals surface area contributed by atoms with E-state index in [1.807, 2.05) is 6.07 Å². The Bertz CT molecular complexity index is 703. The summed E-state index contributed by atoms with van der Waals surface area (Å²) in [7, 11) is 1.57. The number of rotatable bonds is 4. The molecule has 0 radical (unpaired) electrons. The van der Waals surface area contributed by atoms with Gasteiger partial charge in [0.25, 0.3) is 0 Å². The van der Waals surface area contributed by atoms with Crippen LogP contribution in [0.3, 0.4) is 0 Å². The lowest BCUT2D eigenvalue weighted by atomic mass is 10.2. The number of aryl methyl sites for hydroxylation is 1. The number of hydrogen-bond acceptors (Lipinski definition) is 7. The maximum absolute atomic E-state index is 5.29. The highest BCUT2D eigenvalue weighted by Gasteiger charge is 2.08. The minimum Gasteiger partial charge on any atom is -0.481 e. The van der Waals surface area contributed by atoms with Crippen molar-refractivity contribution in [2.24, 2.45) is 0 Å². The number of ether oxygens (including phenoxy) is 1. The molecule has 0 spiro atoms. The fourth-order valence-corrected chi connectivity index (χ4v) is 1.70. The van der Waals surface area contributed by atoms with Crippen LogP contribution < -0.4 is 4.74 Å². The van der Waals surface area contributed by atoms with Gasteiger partial charge >= 0.3 is 0 Å². The summed E-state index contributed by atoms with van der Waals surface area (Å²) in [6, 6.07) is 3.65. The summed E-state index contributed by atoms with van der Waals surface area (Å²) in [4.78, 5) is 4.13. The zero-order valence-electron chi connectivity index (χ0n) is 11.0. The van der Waals surface area contributed by atoms with E-state index in [2.05, 4.69) is 25.5 Å². The van der Waals surface area contributed by atoms with E-state index in [4.69, 9.17) is 9.15 Å². The lowest BCUT2D eigenvalue weighted by Crippen LogP contribution is -2.00. The van der Waals surface area contributed by atoms with Crippen molar-refractivity contribution in [1.82, 2.24) is 30.2 Å². The Morgan fingerprint density at radius 3 is 2.80 bits per heavy atom. The molecule has 0 unspecified atom stereocenters.